The standard InChI is InChI=1S/C18H27N3O3.HI/c1-19-18(20-9-12-22-13-14-5-4-10-23-14)21-16-8-11-24-17-7-3-2-6-15(16)17;/h2-3,6-7,14,16H,4-5,8-13H2,1H3,(H2,19,20,21);1H. The Morgan fingerprint density at radius 2 is 2.16 bits per heavy atom. The smallest absolute Gasteiger partial charge is 0.191 e. The first-order chi connectivity index (χ1) is 11.9. The van der Waals surface area contributed by atoms with Gasteiger partial charge in [0.2, 0.25) is 0 Å². The molecule has 1 saturated heterocycles. The topological polar surface area (TPSA) is 64.1 Å². The van der Waals surface area contributed by atoms with Crippen molar-refractivity contribution in [1.82, 2.24) is 10.6 Å². The predicted molar refractivity (Wildman–Crippen MR) is 109 cm³/mol. The Kier molecular flexibility index (Phi) is 8.77. The predicted octanol–water partition coefficient (Wildman–Crippen LogP) is 2.49. The first kappa shape index (κ1) is 20.3. The second kappa shape index (κ2) is 10.8. The summed E-state index contributed by atoms with van der Waals surface area (Å²) in [5.74, 6) is 1.74. The lowest BCUT2D eigenvalue weighted by atomic mass is 10.0. The number of benzene rings is 1. The van der Waals surface area contributed by atoms with E-state index in [4.69, 9.17) is 14.2 Å². The fraction of sp³-hybridized carbons (Fsp3) is 0.611. The fourth-order valence-corrected chi connectivity index (χ4v) is 3.08. The molecule has 1 aromatic rings. The van der Waals surface area contributed by atoms with Crippen LogP contribution in [0.2, 0.25) is 0 Å². The third kappa shape index (κ3) is 6.00. The van der Waals surface area contributed by atoms with Gasteiger partial charge in [-0.1, -0.05) is 18.2 Å². The van der Waals surface area contributed by atoms with Crippen molar-refractivity contribution >= 4 is 29.9 Å². The van der Waals surface area contributed by atoms with Gasteiger partial charge in [-0.2, -0.15) is 0 Å². The van der Waals surface area contributed by atoms with Crippen molar-refractivity contribution in [3.05, 3.63) is 29.8 Å². The molecule has 0 bridgehead atoms. The number of aliphatic imine (C=N–C) groups is 1. The molecule has 3 rings (SSSR count). The van der Waals surface area contributed by atoms with Gasteiger partial charge in [-0.25, -0.2) is 0 Å². The number of nitrogens with one attached hydrogen (secondary N) is 2. The van der Waals surface area contributed by atoms with Crippen LogP contribution in [-0.4, -0.2) is 52.1 Å². The molecule has 2 N–H and O–H groups in total. The number of guanidine groups is 1. The highest BCUT2D eigenvalue weighted by Gasteiger charge is 2.21. The summed E-state index contributed by atoms with van der Waals surface area (Å²) in [7, 11) is 1.79. The minimum Gasteiger partial charge on any atom is -0.493 e. The van der Waals surface area contributed by atoms with E-state index in [0.29, 0.717) is 13.2 Å². The molecule has 1 fully saturated rings. The average Bonchev–Trinajstić information content (AvgIpc) is 3.14. The molecule has 7 heteroatoms. The second-order valence-corrected chi connectivity index (χ2v) is 6.08. The van der Waals surface area contributed by atoms with E-state index in [-0.39, 0.29) is 36.1 Å². The zero-order valence-corrected chi connectivity index (χ0v) is 17.0. The highest BCUT2D eigenvalue weighted by molar-refractivity contribution is 14.0. The summed E-state index contributed by atoms with van der Waals surface area (Å²) in [5, 5.41) is 6.78. The van der Waals surface area contributed by atoms with E-state index in [1.807, 2.05) is 18.2 Å². The molecule has 0 amide bonds. The van der Waals surface area contributed by atoms with E-state index in [2.05, 4.69) is 21.7 Å². The zero-order chi connectivity index (χ0) is 16.6. The van der Waals surface area contributed by atoms with Gasteiger partial charge in [-0.05, 0) is 18.9 Å². The lowest BCUT2D eigenvalue weighted by molar-refractivity contribution is 0.0191. The molecule has 0 saturated carbocycles. The van der Waals surface area contributed by atoms with Crippen molar-refractivity contribution in [2.45, 2.75) is 31.4 Å². The minimum absolute atomic E-state index is 0. The van der Waals surface area contributed by atoms with Gasteiger partial charge in [0.05, 0.1) is 32.0 Å². The van der Waals surface area contributed by atoms with Crippen LogP contribution in [0.25, 0.3) is 0 Å². The molecule has 2 unspecified atom stereocenters. The van der Waals surface area contributed by atoms with E-state index in [1.165, 1.54) is 5.56 Å². The summed E-state index contributed by atoms with van der Waals surface area (Å²) in [5.41, 5.74) is 1.18. The Labute approximate surface area is 166 Å². The van der Waals surface area contributed by atoms with Gasteiger partial charge >= 0.3 is 0 Å². The highest BCUT2D eigenvalue weighted by Crippen LogP contribution is 2.31. The summed E-state index contributed by atoms with van der Waals surface area (Å²) in [6.07, 6.45) is 3.46. The summed E-state index contributed by atoms with van der Waals surface area (Å²) in [6, 6.07) is 8.37. The number of para-hydroxylation sites is 1. The number of rotatable bonds is 6. The molecule has 2 aliphatic rings. The Morgan fingerprint density at radius 3 is 2.96 bits per heavy atom. The molecule has 2 atom stereocenters. The van der Waals surface area contributed by atoms with Crippen molar-refractivity contribution in [3.8, 4) is 5.75 Å². The molecule has 0 aromatic heterocycles. The Bertz CT molecular complexity index is 550. The molecule has 0 aliphatic carbocycles. The lowest BCUT2D eigenvalue weighted by Crippen LogP contribution is -2.42. The van der Waals surface area contributed by atoms with Crippen LogP contribution in [0.3, 0.4) is 0 Å². The maximum atomic E-state index is 5.70. The Hall–Kier alpha value is -1.06. The van der Waals surface area contributed by atoms with Crippen molar-refractivity contribution < 1.29 is 14.2 Å². The van der Waals surface area contributed by atoms with Crippen LogP contribution in [-0.2, 0) is 9.47 Å². The molecule has 25 heavy (non-hydrogen) atoms. The Balaban J connectivity index is 0.00000225. The molecule has 2 heterocycles. The minimum atomic E-state index is 0. The van der Waals surface area contributed by atoms with Crippen LogP contribution < -0.4 is 15.4 Å². The number of fused-ring (bicyclic) bond motifs is 1. The summed E-state index contributed by atoms with van der Waals surface area (Å²) in [6.45, 7) is 3.63. The van der Waals surface area contributed by atoms with Crippen LogP contribution in [0.4, 0.5) is 0 Å². The average molecular weight is 461 g/mol. The van der Waals surface area contributed by atoms with Crippen LogP contribution in [0, 0.1) is 0 Å². The van der Waals surface area contributed by atoms with E-state index < -0.39 is 0 Å². The highest BCUT2D eigenvalue weighted by atomic mass is 127. The number of halogens is 1. The van der Waals surface area contributed by atoms with E-state index in [1.54, 1.807) is 7.05 Å². The van der Waals surface area contributed by atoms with Gasteiger partial charge in [-0.15, -0.1) is 24.0 Å². The van der Waals surface area contributed by atoms with Crippen LogP contribution in [0.5, 0.6) is 5.75 Å². The molecule has 0 radical (unpaired) electrons. The normalized spacial score (nSPS) is 22.5. The second-order valence-electron chi connectivity index (χ2n) is 6.08. The van der Waals surface area contributed by atoms with Gasteiger partial charge in [-0.3, -0.25) is 4.99 Å². The van der Waals surface area contributed by atoms with Gasteiger partial charge < -0.3 is 24.8 Å². The molecular formula is C18H28IN3O3. The molecule has 1 aromatic carbocycles. The lowest BCUT2D eigenvalue weighted by Gasteiger charge is -2.28. The first-order valence-electron chi connectivity index (χ1n) is 8.75. The van der Waals surface area contributed by atoms with Gasteiger partial charge in [0.15, 0.2) is 5.96 Å². The molecule has 140 valence electrons. The summed E-state index contributed by atoms with van der Waals surface area (Å²) < 4.78 is 16.9. The molecule has 2 aliphatic heterocycles. The first-order valence-corrected chi connectivity index (χ1v) is 8.75. The quantitative estimate of drug-likeness (QED) is 0.295. The van der Waals surface area contributed by atoms with E-state index in [9.17, 15) is 0 Å². The fourth-order valence-electron chi connectivity index (χ4n) is 3.08. The SMILES string of the molecule is CN=C(NCCOCC1CCCO1)NC1CCOc2ccccc21.I. The number of nitrogens with zero attached hydrogens (tertiary/aromatic N) is 1. The van der Waals surface area contributed by atoms with Crippen LogP contribution in [0.15, 0.2) is 29.3 Å². The van der Waals surface area contributed by atoms with Gasteiger partial charge in [0.25, 0.3) is 0 Å². The molecule has 6 nitrogen and oxygen atoms in total. The largest absolute Gasteiger partial charge is 0.493 e. The van der Waals surface area contributed by atoms with Crippen molar-refractivity contribution in [1.29, 1.82) is 0 Å². The number of ether oxygens (including phenoxy) is 3. The third-order valence-electron chi connectivity index (χ3n) is 4.36. The van der Waals surface area contributed by atoms with Crippen LogP contribution >= 0.6 is 24.0 Å². The number of hydrogen-bond donors (Lipinski definition) is 2. The molecule has 0 spiro atoms. The van der Waals surface area contributed by atoms with Crippen molar-refractivity contribution in [2.75, 3.05) is 40.0 Å². The van der Waals surface area contributed by atoms with Gasteiger partial charge in [0.1, 0.15) is 5.75 Å². The van der Waals surface area contributed by atoms with Crippen LogP contribution in [0.1, 0.15) is 30.9 Å². The van der Waals surface area contributed by atoms with Crippen molar-refractivity contribution in [2.24, 2.45) is 4.99 Å². The summed E-state index contributed by atoms with van der Waals surface area (Å²) >= 11 is 0. The molecular weight excluding hydrogens is 433 g/mol. The maximum Gasteiger partial charge on any atom is 0.191 e. The van der Waals surface area contributed by atoms with E-state index >= 15 is 0 Å². The maximum absolute atomic E-state index is 5.70. The Morgan fingerprint density at radius 1 is 1.28 bits per heavy atom. The summed E-state index contributed by atoms with van der Waals surface area (Å²) in [4.78, 5) is 4.30. The third-order valence-corrected chi connectivity index (χ3v) is 4.36. The number of hydrogen-bond acceptors (Lipinski definition) is 4. The van der Waals surface area contributed by atoms with E-state index in [0.717, 1.165) is 50.7 Å². The zero-order valence-electron chi connectivity index (χ0n) is 14.7. The van der Waals surface area contributed by atoms with Gasteiger partial charge in [0, 0.05) is 32.2 Å². The monoisotopic (exact) mass is 461 g/mol. The van der Waals surface area contributed by atoms with Crippen molar-refractivity contribution in [3.63, 3.8) is 0 Å².